The summed E-state index contributed by atoms with van der Waals surface area (Å²) in [6.07, 6.45) is 3.65. The summed E-state index contributed by atoms with van der Waals surface area (Å²) in [6.45, 7) is 3.79. The zero-order valence-corrected chi connectivity index (χ0v) is 11.7. The summed E-state index contributed by atoms with van der Waals surface area (Å²) in [5.74, 6) is 0.826. The molecule has 4 nitrogen and oxygen atoms in total. The number of anilines is 1. The number of halogens is 1. The number of aryl methyl sites for hydroxylation is 1. The van der Waals surface area contributed by atoms with Crippen molar-refractivity contribution in [2.45, 2.75) is 38.3 Å². The molecule has 3 rings (SSSR count). The van der Waals surface area contributed by atoms with Crippen molar-refractivity contribution >= 4 is 17.4 Å². The van der Waals surface area contributed by atoms with Crippen LogP contribution in [0.5, 0.6) is 0 Å². The highest BCUT2D eigenvalue weighted by atomic mass is 35.5. The number of nitrogens with one attached hydrogen (secondary N) is 1. The van der Waals surface area contributed by atoms with Crippen LogP contribution in [0.15, 0.2) is 6.07 Å². The van der Waals surface area contributed by atoms with Gasteiger partial charge >= 0.3 is 0 Å². The smallest absolute Gasteiger partial charge is 0.147 e. The molecule has 0 amide bonds. The van der Waals surface area contributed by atoms with Crippen molar-refractivity contribution in [3.63, 3.8) is 0 Å². The molecule has 0 saturated carbocycles. The first-order chi connectivity index (χ1) is 9.17. The van der Waals surface area contributed by atoms with E-state index in [1.165, 1.54) is 12.8 Å². The molecule has 1 N–H and O–H groups in total. The first-order valence-corrected chi connectivity index (χ1v) is 7.13. The van der Waals surface area contributed by atoms with Gasteiger partial charge in [-0.25, -0.2) is 4.98 Å². The van der Waals surface area contributed by atoms with E-state index in [0.29, 0.717) is 22.7 Å². The molecule has 2 atom stereocenters. The molecule has 0 spiro atoms. The van der Waals surface area contributed by atoms with Gasteiger partial charge in [-0.15, -0.1) is 0 Å². The Morgan fingerprint density at radius 1 is 1.42 bits per heavy atom. The Morgan fingerprint density at radius 2 is 2.21 bits per heavy atom. The summed E-state index contributed by atoms with van der Waals surface area (Å²) < 4.78 is 0. The average Bonchev–Trinajstić information content (AvgIpc) is 2.72. The number of hydrogen-bond acceptors (Lipinski definition) is 4. The van der Waals surface area contributed by atoms with Gasteiger partial charge in [0.25, 0.3) is 0 Å². The maximum Gasteiger partial charge on any atom is 0.147 e. The van der Waals surface area contributed by atoms with Gasteiger partial charge in [0, 0.05) is 25.2 Å². The van der Waals surface area contributed by atoms with Gasteiger partial charge in [-0.1, -0.05) is 11.6 Å². The Labute approximate surface area is 118 Å². The molecule has 0 aromatic carbocycles. The van der Waals surface area contributed by atoms with Gasteiger partial charge in [-0.2, -0.15) is 5.26 Å². The maximum absolute atomic E-state index is 9.00. The van der Waals surface area contributed by atoms with E-state index in [4.69, 9.17) is 16.9 Å². The Balaban J connectivity index is 1.90. The van der Waals surface area contributed by atoms with Crippen LogP contribution in [0.25, 0.3) is 0 Å². The van der Waals surface area contributed by atoms with Gasteiger partial charge in [-0.05, 0) is 32.3 Å². The molecule has 2 fully saturated rings. The van der Waals surface area contributed by atoms with Gasteiger partial charge in [0.05, 0.1) is 16.3 Å². The molecule has 3 heterocycles. The Hall–Kier alpha value is -1.31. The number of aromatic nitrogens is 1. The fourth-order valence-electron chi connectivity index (χ4n) is 3.04. The molecule has 2 unspecified atom stereocenters. The van der Waals surface area contributed by atoms with E-state index in [9.17, 15) is 0 Å². The summed E-state index contributed by atoms with van der Waals surface area (Å²) in [6, 6.07) is 5.05. The molecule has 2 aliphatic heterocycles. The van der Waals surface area contributed by atoms with Crippen LogP contribution in [0.1, 0.15) is 30.5 Å². The lowest BCUT2D eigenvalue weighted by molar-refractivity contribution is 0.563. The second kappa shape index (κ2) is 4.99. The normalized spacial score (nSPS) is 26.1. The van der Waals surface area contributed by atoms with Crippen molar-refractivity contribution in [1.29, 1.82) is 5.26 Å². The van der Waals surface area contributed by atoms with Crippen LogP contribution < -0.4 is 10.2 Å². The molecule has 5 heteroatoms. The van der Waals surface area contributed by atoms with Crippen molar-refractivity contribution in [2.24, 2.45) is 0 Å². The number of nitriles is 1. The monoisotopic (exact) mass is 276 g/mol. The number of nitrogens with zero attached hydrogens (tertiary/aromatic N) is 3. The first-order valence-electron chi connectivity index (χ1n) is 6.75. The summed E-state index contributed by atoms with van der Waals surface area (Å²) >= 11 is 6.29. The minimum absolute atomic E-state index is 0.543. The second-order valence-corrected chi connectivity index (χ2v) is 5.82. The minimum atomic E-state index is 0.543. The van der Waals surface area contributed by atoms with Crippen molar-refractivity contribution in [3.8, 4) is 6.07 Å². The third kappa shape index (κ3) is 2.41. The predicted octanol–water partition coefficient (Wildman–Crippen LogP) is 2.25. The average molecular weight is 277 g/mol. The van der Waals surface area contributed by atoms with Gasteiger partial charge in [0.15, 0.2) is 0 Å². The highest BCUT2D eigenvalue weighted by Crippen LogP contribution is 2.29. The molecular weight excluding hydrogens is 260 g/mol. The highest BCUT2D eigenvalue weighted by molar-refractivity contribution is 6.33. The van der Waals surface area contributed by atoms with E-state index < -0.39 is 0 Å². The van der Waals surface area contributed by atoms with Crippen LogP contribution in [0, 0.1) is 18.3 Å². The second-order valence-electron chi connectivity index (χ2n) is 5.41. The third-order valence-corrected chi connectivity index (χ3v) is 4.37. The summed E-state index contributed by atoms with van der Waals surface area (Å²) in [5.41, 5.74) is 1.31. The van der Waals surface area contributed by atoms with E-state index in [1.807, 2.05) is 6.92 Å². The van der Waals surface area contributed by atoms with Crippen LogP contribution in [-0.2, 0) is 0 Å². The molecule has 2 saturated heterocycles. The van der Waals surface area contributed by atoms with E-state index in [-0.39, 0.29) is 0 Å². The zero-order valence-electron chi connectivity index (χ0n) is 11.0. The van der Waals surface area contributed by atoms with Gasteiger partial charge in [-0.3, -0.25) is 0 Å². The summed E-state index contributed by atoms with van der Waals surface area (Å²) in [4.78, 5) is 6.79. The van der Waals surface area contributed by atoms with Gasteiger partial charge in [0.2, 0.25) is 0 Å². The van der Waals surface area contributed by atoms with E-state index >= 15 is 0 Å². The van der Waals surface area contributed by atoms with Crippen LogP contribution in [0.4, 0.5) is 5.82 Å². The fraction of sp³-hybridized carbons (Fsp3) is 0.571. The van der Waals surface area contributed by atoms with Crippen molar-refractivity contribution in [1.82, 2.24) is 10.3 Å². The maximum atomic E-state index is 9.00. The lowest BCUT2D eigenvalue weighted by atomic mass is 10.1. The number of hydrogen-bond donors (Lipinski definition) is 1. The predicted molar refractivity (Wildman–Crippen MR) is 75.5 cm³/mol. The largest absolute Gasteiger partial charge is 0.354 e. The Morgan fingerprint density at radius 3 is 3.00 bits per heavy atom. The van der Waals surface area contributed by atoms with E-state index in [2.05, 4.69) is 21.3 Å². The van der Waals surface area contributed by atoms with Gasteiger partial charge < -0.3 is 10.2 Å². The number of fused-ring (bicyclic) bond motifs is 2. The molecule has 0 radical (unpaired) electrons. The molecule has 2 bridgehead atoms. The summed E-state index contributed by atoms with van der Waals surface area (Å²) in [5, 5.41) is 13.2. The van der Waals surface area contributed by atoms with E-state index in [1.54, 1.807) is 6.07 Å². The SMILES string of the molecule is Cc1nc(N2CCC3CCC(C2)N3)c(Cl)cc1C#N. The van der Waals surface area contributed by atoms with Crippen molar-refractivity contribution in [2.75, 3.05) is 18.0 Å². The fourth-order valence-corrected chi connectivity index (χ4v) is 3.31. The van der Waals surface area contributed by atoms with Crippen molar-refractivity contribution in [3.05, 3.63) is 22.3 Å². The van der Waals surface area contributed by atoms with Gasteiger partial charge in [0.1, 0.15) is 11.9 Å². The Kier molecular flexibility index (Phi) is 3.34. The highest BCUT2D eigenvalue weighted by Gasteiger charge is 2.30. The first kappa shape index (κ1) is 12.7. The van der Waals surface area contributed by atoms with Crippen molar-refractivity contribution < 1.29 is 0 Å². The van der Waals surface area contributed by atoms with Crippen LogP contribution in [0.2, 0.25) is 5.02 Å². The molecule has 19 heavy (non-hydrogen) atoms. The van der Waals surface area contributed by atoms with Crippen LogP contribution in [0.3, 0.4) is 0 Å². The molecule has 1 aromatic rings. The quantitative estimate of drug-likeness (QED) is 0.855. The third-order valence-electron chi connectivity index (χ3n) is 4.09. The number of pyridine rings is 1. The standard InChI is InChI=1S/C14H17ClN4/c1-9-10(7-16)6-13(15)14(17-9)19-5-4-11-2-3-12(8-19)18-11/h6,11-12,18H,2-5,8H2,1H3. The lowest BCUT2D eigenvalue weighted by Crippen LogP contribution is -2.36. The van der Waals surface area contributed by atoms with E-state index in [0.717, 1.165) is 31.0 Å². The Bertz CT molecular complexity index is 537. The molecule has 1 aromatic heterocycles. The number of rotatable bonds is 1. The molecule has 0 aliphatic carbocycles. The topological polar surface area (TPSA) is 52.0 Å². The lowest BCUT2D eigenvalue weighted by Gasteiger charge is -2.26. The van der Waals surface area contributed by atoms with Crippen LogP contribution in [-0.4, -0.2) is 30.2 Å². The summed E-state index contributed by atoms with van der Waals surface area (Å²) in [7, 11) is 0. The molecule has 100 valence electrons. The molecular formula is C14H17ClN4. The minimum Gasteiger partial charge on any atom is -0.354 e. The zero-order chi connectivity index (χ0) is 13.4. The van der Waals surface area contributed by atoms with Crippen LogP contribution >= 0.6 is 11.6 Å². The molecule has 2 aliphatic rings.